The Bertz CT molecular complexity index is 878. The highest BCUT2D eigenvalue weighted by molar-refractivity contribution is 5.96. The van der Waals surface area contributed by atoms with Crippen LogP contribution in [0.25, 0.3) is 10.9 Å². The van der Waals surface area contributed by atoms with E-state index in [0.29, 0.717) is 6.42 Å². The number of aromatic nitrogens is 1. The highest BCUT2D eigenvalue weighted by Crippen LogP contribution is 2.20. The smallest absolute Gasteiger partial charge is 0.162 e. The van der Waals surface area contributed by atoms with Crippen molar-refractivity contribution in [3.63, 3.8) is 0 Å². The van der Waals surface area contributed by atoms with Crippen LogP contribution < -0.4 is 0 Å². The molecule has 1 aromatic heterocycles. The molecule has 0 N–H and O–H groups in total. The summed E-state index contributed by atoms with van der Waals surface area (Å²) in [7, 11) is 0. The lowest BCUT2D eigenvalue weighted by Crippen LogP contribution is -2.04. The molecule has 3 aromatic rings. The third-order valence-electron chi connectivity index (χ3n) is 4.18. The molecule has 0 aliphatic rings. The van der Waals surface area contributed by atoms with Crippen LogP contribution in [0.1, 0.15) is 34.5 Å². The molecule has 1 heterocycles. The predicted octanol–water partition coefficient (Wildman–Crippen LogP) is 4.59. The maximum atomic E-state index is 12.3. The lowest BCUT2D eigenvalue weighted by molar-refractivity contribution is 0.0978. The van der Waals surface area contributed by atoms with Crippen molar-refractivity contribution >= 4 is 16.7 Å². The zero-order chi connectivity index (χ0) is 16.2. The molecule has 0 aliphatic carbocycles. The second-order valence-electron chi connectivity index (χ2n) is 5.74. The molecule has 0 bridgehead atoms. The number of para-hydroxylation sites is 1. The van der Waals surface area contributed by atoms with E-state index in [1.807, 2.05) is 24.3 Å². The van der Waals surface area contributed by atoms with Gasteiger partial charge in [0, 0.05) is 35.3 Å². The van der Waals surface area contributed by atoms with E-state index in [4.69, 9.17) is 6.42 Å². The van der Waals surface area contributed by atoms with Crippen molar-refractivity contribution in [2.24, 2.45) is 0 Å². The lowest BCUT2D eigenvalue weighted by atomic mass is 10.0. The molecule has 0 saturated carbocycles. The molecule has 0 radical (unpaired) electrons. The molecule has 0 fully saturated rings. The summed E-state index contributed by atoms with van der Waals surface area (Å²) in [4.78, 5) is 12.3. The maximum Gasteiger partial charge on any atom is 0.162 e. The van der Waals surface area contributed by atoms with E-state index in [-0.39, 0.29) is 5.78 Å². The van der Waals surface area contributed by atoms with Gasteiger partial charge in [0.1, 0.15) is 0 Å². The quantitative estimate of drug-likeness (QED) is 0.499. The summed E-state index contributed by atoms with van der Waals surface area (Å²) < 4.78 is 2.28. The first-order chi connectivity index (χ1) is 11.2. The topological polar surface area (TPSA) is 22.0 Å². The van der Waals surface area contributed by atoms with Gasteiger partial charge in [0.15, 0.2) is 5.78 Å². The van der Waals surface area contributed by atoms with Gasteiger partial charge < -0.3 is 4.57 Å². The van der Waals surface area contributed by atoms with Gasteiger partial charge in [0.2, 0.25) is 0 Å². The largest absolute Gasteiger partial charge is 0.345 e. The summed E-state index contributed by atoms with van der Waals surface area (Å²) in [6, 6.07) is 17.8. The Labute approximate surface area is 136 Å². The molecule has 2 nitrogen and oxygen atoms in total. The van der Waals surface area contributed by atoms with Gasteiger partial charge in [-0.05, 0) is 43.0 Å². The van der Waals surface area contributed by atoms with Crippen molar-refractivity contribution in [2.75, 3.05) is 0 Å². The minimum absolute atomic E-state index is 0.169. The number of hydrogen-bond donors (Lipinski definition) is 0. The number of carbonyl (C=O) groups excluding carboxylic acids is 1. The number of terminal acetylenes is 1. The number of Topliss-reactive ketones (excluding diaryl/α,β-unsaturated/α-hetero) is 1. The third kappa shape index (κ3) is 3.19. The highest BCUT2D eigenvalue weighted by Gasteiger charge is 2.08. The van der Waals surface area contributed by atoms with Crippen LogP contribution >= 0.6 is 0 Å². The predicted molar refractivity (Wildman–Crippen MR) is 94.6 cm³/mol. The Hall–Kier alpha value is -2.79. The molecule has 23 heavy (non-hydrogen) atoms. The van der Waals surface area contributed by atoms with E-state index in [2.05, 4.69) is 47.7 Å². The molecule has 0 unspecified atom stereocenters. The van der Waals surface area contributed by atoms with E-state index in [1.165, 1.54) is 16.6 Å². The fraction of sp³-hybridized carbons (Fsp3) is 0.190. The summed E-state index contributed by atoms with van der Waals surface area (Å²) in [6.07, 6.45) is 6.70. The molecule has 0 aliphatic heterocycles. The average Bonchev–Trinajstić information content (AvgIpc) is 2.90. The van der Waals surface area contributed by atoms with Gasteiger partial charge in [-0.15, -0.1) is 6.42 Å². The standard InChI is InChI=1S/C21H19NO/c1-3-17-10-12-18(13-11-17)21(23)9-6-14-22-16(2)15-19-7-4-5-8-20(19)22/h1,4-5,7-8,10-13,15H,6,9,14H2,2H3. The number of rotatable bonds is 5. The Kier molecular flexibility index (Phi) is 4.30. The SMILES string of the molecule is C#Cc1ccc(C(=O)CCCn2c(C)cc3ccccc32)cc1. The summed E-state index contributed by atoms with van der Waals surface area (Å²) >= 11 is 0. The zero-order valence-electron chi connectivity index (χ0n) is 13.3. The highest BCUT2D eigenvalue weighted by atomic mass is 16.1. The van der Waals surface area contributed by atoms with Crippen LogP contribution in [0.4, 0.5) is 0 Å². The van der Waals surface area contributed by atoms with Gasteiger partial charge in [-0.3, -0.25) is 4.79 Å². The number of aryl methyl sites for hydroxylation is 2. The Morgan fingerprint density at radius 3 is 2.61 bits per heavy atom. The molecule has 0 spiro atoms. The van der Waals surface area contributed by atoms with Crippen molar-refractivity contribution in [3.05, 3.63) is 71.4 Å². The number of ketones is 1. The normalized spacial score (nSPS) is 10.6. The molecule has 0 amide bonds. The summed E-state index contributed by atoms with van der Waals surface area (Å²) in [5.41, 5.74) is 4.00. The minimum atomic E-state index is 0.169. The summed E-state index contributed by atoms with van der Waals surface area (Å²) in [5, 5.41) is 1.25. The lowest BCUT2D eigenvalue weighted by Gasteiger charge is -2.08. The first-order valence-electron chi connectivity index (χ1n) is 7.84. The molecule has 2 aromatic carbocycles. The maximum absolute atomic E-state index is 12.3. The average molecular weight is 301 g/mol. The van der Waals surface area contributed by atoms with E-state index in [9.17, 15) is 4.79 Å². The fourth-order valence-corrected chi connectivity index (χ4v) is 2.94. The molecule has 0 atom stereocenters. The van der Waals surface area contributed by atoms with Crippen molar-refractivity contribution in [1.82, 2.24) is 4.57 Å². The monoisotopic (exact) mass is 301 g/mol. The summed E-state index contributed by atoms with van der Waals surface area (Å²) in [5.74, 6) is 2.73. The van der Waals surface area contributed by atoms with Crippen LogP contribution in [0.15, 0.2) is 54.6 Å². The summed E-state index contributed by atoms with van der Waals surface area (Å²) in [6.45, 7) is 2.97. The number of hydrogen-bond acceptors (Lipinski definition) is 1. The number of benzene rings is 2. The second-order valence-corrected chi connectivity index (χ2v) is 5.74. The second kappa shape index (κ2) is 6.54. The number of carbonyl (C=O) groups is 1. The third-order valence-corrected chi connectivity index (χ3v) is 4.18. The van der Waals surface area contributed by atoms with Crippen LogP contribution in [0, 0.1) is 19.3 Å². The van der Waals surface area contributed by atoms with Crippen LogP contribution in [-0.4, -0.2) is 10.4 Å². The van der Waals surface area contributed by atoms with Crippen LogP contribution in [-0.2, 0) is 6.54 Å². The first kappa shape index (κ1) is 15.1. The van der Waals surface area contributed by atoms with Crippen molar-refractivity contribution < 1.29 is 4.79 Å². The van der Waals surface area contributed by atoms with Gasteiger partial charge in [-0.2, -0.15) is 0 Å². The van der Waals surface area contributed by atoms with E-state index < -0.39 is 0 Å². The van der Waals surface area contributed by atoms with Crippen molar-refractivity contribution in [2.45, 2.75) is 26.3 Å². The Morgan fingerprint density at radius 2 is 1.87 bits per heavy atom. The van der Waals surface area contributed by atoms with E-state index in [0.717, 1.165) is 24.1 Å². The molecule has 2 heteroatoms. The van der Waals surface area contributed by atoms with Crippen molar-refractivity contribution in [3.8, 4) is 12.3 Å². The van der Waals surface area contributed by atoms with Gasteiger partial charge in [0.25, 0.3) is 0 Å². The molecule has 3 rings (SSSR count). The van der Waals surface area contributed by atoms with E-state index >= 15 is 0 Å². The van der Waals surface area contributed by atoms with Crippen LogP contribution in [0.2, 0.25) is 0 Å². The molecule has 114 valence electrons. The van der Waals surface area contributed by atoms with Crippen LogP contribution in [0.3, 0.4) is 0 Å². The minimum Gasteiger partial charge on any atom is -0.345 e. The van der Waals surface area contributed by atoms with E-state index in [1.54, 1.807) is 0 Å². The van der Waals surface area contributed by atoms with Crippen LogP contribution in [0.5, 0.6) is 0 Å². The Morgan fingerprint density at radius 1 is 1.13 bits per heavy atom. The number of fused-ring (bicyclic) bond motifs is 1. The zero-order valence-corrected chi connectivity index (χ0v) is 13.3. The Balaban J connectivity index is 1.65. The fourth-order valence-electron chi connectivity index (χ4n) is 2.94. The number of nitrogens with zero attached hydrogens (tertiary/aromatic N) is 1. The molecular formula is C21H19NO. The van der Waals surface area contributed by atoms with Gasteiger partial charge in [-0.1, -0.05) is 36.3 Å². The van der Waals surface area contributed by atoms with Gasteiger partial charge in [-0.25, -0.2) is 0 Å². The molecule has 0 saturated heterocycles. The molecular weight excluding hydrogens is 282 g/mol. The van der Waals surface area contributed by atoms with Gasteiger partial charge in [0.05, 0.1) is 0 Å². The van der Waals surface area contributed by atoms with Crippen molar-refractivity contribution in [1.29, 1.82) is 0 Å². The van der Waals surface area contributed by atoms with Gasteiger partial charge >= 0.3 is 0 Å². The first-order valence-corrected chi connectivity index (χ1v) is 7.84.